The fraction of sp³-hybridized carbons (Fsp3) is 0.917. The minimum Gasteiger partial charge on any atom is -0.463 e. The van der Waals surface area contributed by atoms with Gasteiger partial charge in [-0.15, -0.1) is 0 Å². The van der Waals surface area contributed by atoms with Crippen molar-refractivity contribution in [2.24, 2.45) is 74.9 Å². The summed E-state index contributed by atoms with van der Waals surface area (Å²) in [6.45, 7) is 14.4. The molecule has 9 atom stereocenters. The molecule has 1 heterocycles. The van der Waals surface area contributed by atoms with Crippen molar-refractivity contribution in [3.05, 3.63) is 0 Å². The molecule has 0 aromatic carbocycles. The van der Waals surface area contributed by atoms with E-state index in [1.165, 1.54) is 38.5 Å². The van der Waals surface area contributed by atoms with Crippen molar-refractivity contribution < 1.29 is 43.2 Å². The summed E-state index contributed by atoms with van der Waals surface area (Å²) in [6, 6.07) is 0. The molecule has 1 aliphatic heterocycles. The van der Waals surface area contributed by atoms with Crippen LogP contribution >= 0.6 is 0 Å². The van der Waals surface area contributed by atoms with Gasteiger partial charge in [0.05, 0.1) is 28.5 Å². The summed E-state index contributed by atoms with van der Waals surface area (Å²) in [5.41, 5.74) is -5.74. The lowest BCUT2D eigenvalue weighted by molar-refractivity contribution is -0.226. The summed E-state index contributed by atoms with van der Waals surface area (Å²) >= 11 is 0. The highest BCUT2D eigenvalue weighted by Gasteiger charge is 2.63. The zero-order valence-corrected chi connectivity index (χ0v) is 36.1. The smallest absolute Gasteiger partial charge is 0.347 e. The zero-order valence-electron chi connectivity index (χ0n) is 36.1. The lowest BCUT2D eigenvalue weighted by Gasteiger charge is -2.61. The number of hydrogen-bond donors (Lipinski definition) is 1. The number of ether oxygens (including phenoxy) is 4. The van der Waals surface area contributed by atoms with E-state index in [-0.39, 0.29) is 43.2 Å². The molecule has 57 heavy (non-hydrogen) atoms. The fourth-order valence-electron chi connectivity index (χ4n) is 16.7. The summed E-state index contributed by atoms with van der Waals surface area (Å²) < 4.78 is 24.8. The van der Waals surface area contributed by atoms with Crippen molar-refractivity contribution in [1.82, 2.24) is 0 Å². The van der Waals surface area contributed by atoms with Crippen LogP contribution in [0.5, 0.6) is 0 Å². The molecule has 9 unspecified atom stereocenters. The van der Waals surface area contributed by atoms with Gasteiger partial charge in [-0.1, -0.05) is 6.92 Å². The fourth-order valence-corrected chi connectivity index (χ4v) is 16.7. The van der Waals surface area contributed by atoms with Crippen LogP contribution in [0, 0.1) is 74.9 Å². The van der Waals surface area contributed by atoms with E-state index in [2.05, 4.69) is 20.8 Å². The minimum atomic E-state index is -1.34. The van der Waals surface area contributed by atoms with Crippen molar-refractivity contribution in [3.63, 3.8) is 0 Å². The largest absolute Gasteiger partial charge is 0.463 e. The maximum atomic E-state index is 15.4. The van der Waals surface area contributed by atoms with Gasteiger partial charge in [0.1, 0.15) is 11.2 Å². The third-order valence-corrected chi connectivity index (χ3v) is 18.5. The van der Waals surface area contributed by atoms with Gasteiger partial charge in [-0.05, 0) is 204 Å². The Kier molecular flexibility index (Phi) is 9.48. The average Bonchev–Trinajstić information content (AvgIpc) is 3.80. The first-order chi connectivity index (χ1) is 26.6. The molecule has 11 rings (SSSR count). The van der Waals surface area contributed by atoms with Crippen LogP contribution in [0.2, 0.25) is 0 Å². The highest BCUT2D eigenvalue weighted by molar-refractivity contribution is 5.85. The molecule has 10 aliphatic carbocycles. The second-order valence-corrected chi connectivity index (χ2v) is 24.1. The van der Waals surface area contributed by atoms with Crippen LogP contribution < -0.4 is 0 Å². The third kappa shape index (κ3) is 6.99. The molecule has 10 bridgehead atoms. The molecule has 9 heteroatoms. The van der Waals surface area contributed by atoms with Gasteiger partial charge in [0.25, 0.3) is 0 Å². The molecule has 1 N–H and O–H groups in total. The summed E-state index contributed by atoms with van der Waals surface area (Å²) in [6.07, 6.45) is 15.5. The van der Waals surface area contributed by atoms with E-state index in [4.69, 9.17) is 18.9 Å². The lowest BCUT2D eigenvalue weighted by atomic mass is 9.46. The number of fused-ring (bicyclic) bond motifs is 2. The monoisotopic (exact) mass is 793 g/mol. The van der Waals surface area contributed by atoms with Gasteiger partial charge < -0.3 is 24.1 Å². The van der Waals surface area contributed by atoms with Gasteiger partial charge in [-0.2, -0.15) is 0 Å². The first kappa shape index (κ1) is 40.3. The Bertz CT molecular complexity index is 1610. The van der Waals surface area contributed by atoms with Crippen LogP contribution in [0.3, 0.4) is 0 Å². The van der Waals surface area contributed by atoms with Gasteiger partial charge in [0.2, 0.25) is 6.10 Å². The van der Waals surface area contributed by atoms with Crippen molar-refractivity contribution in [1.29, 1.82) is 0 Å². The predicted molar refractivity (Wildman–Crippen MR) is 212 cm³/mol. The number of carbonyl (C=O) groups excluding carboxylic acids is 4. The first-order valence-corrected chi connectivity index (χ1v) is 23.2. The van der Waals surface area contributed by atoms with Crippen LogP contribution in [0.15, 0.2) is 0 Å². The number of aliphatic hydroxyl groups is 1. The normalized spacial score (nSPS) is 44.7. The van der Waals surface area contributed by atoms with Gasteiger partial charge in [0, 0.05) is 18.3 Å². The second kappa shape index (κ2) is 13.4. The minimum absolute atomic E-state index is 0.0424. The molecule has 0 amide bonds. The van der Waals surface area contributed by atoms with Crippen LogP contribution in [0.25, 0.3) is 0 Å². The van der Waals surface area contributed by atoms with E-state index in [0.717, 1.165) is 51.4 Å². The van der Waals surface area contributed by atoms with E-state index < -0.39 is 51.1 Å². The summed E-state index contributed by atoms with van der Waals surface area (Å²) in [4.78, 5) is 57.4. The number of rotatable bonds is 13. The van der Waals surface area contributed by atoms with Crippen LogP contribution in [0.1, 0.15) is 170 Å². The van der Waals surface area contributed by atoms with E-state index in [0.29, 0.717) is 66.1 Å². The maximum absolute atomic E-state index is 15.4. The molecule has 11 fully saturated rings. The van der Waals surface area contributed by atoms with Gasteiger partial charge >= 0.3 is 23.9 Å². The zero-order chi connectivity index (χ0) is 40.6. The number of carbonyl (C=O) groups is 4. The van der Waals surface area contributed by atoms with Gasteiger partial charge in [0.15, 0.2) is 0 Å². The van der Waals surface area contributed by atoms with Crippen molar-refractivity contribution in [2.45, 2.75) is 193 Å². The van der Waals surface area contributed by atoms with Gasteiger partial charge in [-0.25, -0.2) is 4.79 Å². The third-order valence-electron chi connectivity index (χ3n) is 18.5. The van der Waals surface area contributed by atoms with E-state index in [9.17, 15) is 19.5 Å². The topological polar surface area (TPSA) is 125 Å². The SMILES string of the molecule is CC1C2CCC(C2)C1CC(C)(CC(C)(CC(C)(C)C(=O)OC12CC3CC(CC(O)(C3)C1)C2)C(=O)OC1CCOC1=O)C(=O)OC(C)(C)C12CC3CC(CC(C3)C1)C2. The Balaban J connectivity index is 1.02. The first-order valence-electron chi connectivity index (χ1n) is 23.2. The van der Waals surface area contributed by atoms with Crippen molar-refractivity contribution in [2.75, 3.05) is 6.61 Å². The molecule has 0 aromatic heterocycles. The highest BCUT2D eigenvalue weighted by Crippen LogP contribution is 2.65. The Morgan fingerprint density at radius 2 is 1.32 bits per heavy atom. The molecule has 0 aromatic rings. The Morgan fingerprint density at radius 1 is 0.719 bits per heavy atom. The van der Waals surface area contributed by atoms with Crippen LogP contribution in [-0.2, 0) is 38.1 Å². The molecule has 0 spiro atoms. The van der Waals surface area contributed by atoms with Crippen molar-refractivity contribution in [3.8, 4) is 0 Å². The molecule has 10 saturated carbocycles. The molecule has 318 valence electrons. The number of esters is 4. The lowest BCUT2D eigenvalue weighted by Crippen LogP contribution is -2.61. The molecule has 11 aliphatic rings. The van der Waals surface area contributed by atoms with E-state index in [1.807, 2.05) is 27.7 Å². The quantitative estimate of drug-likeness (QED) is 0.144. The molecular formula is C48H72O9. The average molecular weight is 793 g/mol. The Hall–Kier alpha value is -2.16. The van der Waals surface area contributed by atoms with E-state index >= 15 is 4.79 Å². The Labute approximate surface area is 341 Å². The molecule has 0 radical (unpaired) electrons. The van der Waals surface area contributed by atoms with Gasteiger partial charge in [-0.3, -0.25) is 14.4 Å². The van der Waals surface area contributed by atoms with Crippen molar-refractivity contribution >= 4 is 23.9 Å². The number of hydrogen-bond acceptors (Lipinski definition) is 9. The van der Waals surface area contributed by atoms with Crippen LogP contribution in [-0.4, -0.2) is 58.5 Å². The Morgan fingerprint density at radius 3 is 1.86 bits per heavy atom. The summed E-state index contributed by atoms with van der Waals surface area (Å²) in [5.74, 6) is 3.04. The maximum Gasteiger partial charge on any atom is 0.347 e. The summed E-state index contributed by atoms with van der Waals surface area (Å²) in [5, 5.41) is 11.4. The highest BCUT2D eigenvalue weighted by atomic mass is 16.6. The molecule has 1 saturated heterocycles. The second-order valence-electron chi connectivity index (χ2n) is 24.1. The standard InChI is InChI=1S/C48H72O9/c1-28-34-8-9-35(16-34)36(28)24-44(6,41(52)56-43(4,5)46-17-29-12-30(18-46)14-31(13-29)19-46)26-45(7,40(51)55-37-10-11-54-38(37)49)25-42(2,3)39(50)57-48-22-32-15-33(23-48)21-47(53,20-32)27-48/h28-37,53H,8-27H2,1-7H3. The molecular weight excluding hydrogens is 721 g/mol. The molecule has 9 nitrogen and oxygen atoms in total. The number of cyclic esters (lactones) is 1. The van der Waals surface area contributed by atoms with E-state index in [1.54, 1.807) is 0 Å². The van der Waals surface area contributed by atoms with Crippen LogP contribution in [0.4, 0.5) is 0 Å². The summed E-state index contributed by atoms with van der Waals surface area (Å²) in [7, 11) is 0. The predicted octanol–water partition coefficient (Wildman–Crippen LogP) is 8.90.